The zero-order valence-corrected chi connectivity index (χ0v) is 13.9. The fourth-order valence-electron chi connectivity index (χ4n) is 2.58. The Morgan fingerprint density at radius 3 is 2.27 bits per heavy atom. The lowest BCUT2D eigenvalue weighted by Crippen LogP contribution is -2.23. The van der Waals surface area contributed by atoms with E-state index >= 15 is 0 Å². The van der Waals surface area contributed by atoms with Gasteiger partial charge in [0.15, 0.2) is 0 Å². The van der Waals surface area contributed by atoms with Crippen LogP contribution < -0.4 is 11.1 Å². The van der Waals surface area contributed by atoms with Gasteiger partial charge in [0.05, 0.1) is 10.5 Å². The van der Waals surface area contributed by atoms with E-state index in [1.807, 2.05) is 54.6 Å². The number of hydrogen-bond donors (Lipinski definition) is 2. The first-order chi connectivity index (χ1) is 12.5. The Kier molecular flexibility index (Phi) is 4.94. The summed E-state index contributed by atoms with van der Waals surface area (Å²) >= 11 is 0. The van der Waals surface area contributed by atoms with Crippen LogP contribution in [-0.4, -0.2) is 10.8 Å². The summed E-state index contributed by atoms with van der Waals surface area (Å²) in [6, 6.07) is 21.6. The fourth-order valence-corrected chi connectivity index (χ4v) is 2.58. The predicted octanol–water partition coefficient (Wildman–Crippen LogP) is 3.77. The van der Waals surface area contributed by atoms with Gasteiger partial charge in [0, 0.05) is 24.4 Å². The van der Waals surface area contributed by atoms with E-state index in [9.17, 15) is 14.9 Å². The number of nitrogens with one attached hydrogen (secondary N) is 1. The molecule has 0 aromatic heterocycles. The first-order valence-corrected chi connectivity index (χ1v) is 8.01. The number of hydrogen-bond acceptors (Lipinski definition) is 4. The van der Waals surface area contributed by atoms with Gasteiger partial charge in [-0.05, 0) is 22.8 Å². The van der Waals surface area contributed by atoms with Crippen LogP contribution in [0.5, 0.6) is 0 Å². The summed E-state index contributed by atoms with van der Waals surface area (Å²) < 4.78 is 0. The summed E-state index contributed by atoms with van der Waals surface area (Å²) in [6.07, 6.45) is 0. The molecule has 3 rings (SSSR count). The second-order valence-electron chi connectivity index (χ2n) is 5.77. The number of nitrogens with two attached hydrogens (primary N) is 1. The van der Waals surface area contributed by atoms with E-state index in [-0.39, 0.29) is 16.9 Å². The van der Waals surface area contributed by atoms with Crippen molar-refractivity contribution in [3.8, 4) is 11.1 Å². The van der Waals surface area contributed by atoms with E-state index < -0.39 is 10.8 Å². The van der Waals surface area contributed by atoms with E-state index in [0.29, 0.717) is 6.54 Å². The summed E-state index contributed by atoms with van der Waals surface area (Å²) in [7, 11) is 0. The Morgan fingerprint density at radius 2 is 1.62 bits per heavy atom. The molecule has 0 aliphatic carbocycles. The normalized spacial score (nSPS) is 10.3. The van der Waals surface area contributed by atoms with Crippen LogP contribution in [0.15, 0.2) is 72.8 Å². The molecule has 1 amide bonds. The largest absolute Gasteiger partial charge is 0.398 e. The summed E-state index contributed by atoms with van der Waals surface area (Å²) in [4.78, 5) is 22.6. The van der Waals surface area contributed by atoms with Crippen LogP contribution in [0.3, 0.4) is 0 Å². The number of amides is 1. The molecule has 26 heavy (non-hydrogen) atoms. The number of nitro benzene ring substituents is 1. The lowest BCUT2D eigenvalue weighted by molar-refractivity contribution is -0.384. The summed E-state index contributed by atoms with van der Waals surface area (Å²) in [6.45, 7) is 0.302. The number of benzene rings is 3. The SMILES string of the molecule is Nc1ccc([N+](=O)[O-])cc1C(=O)NCc1ccc(-c2ccccc2)cc1. The number of anilines is 1. The Hall–Kier alpha value is -3.67. The van der Waals surface area contributed by atoms with Crippen molar-refractivity contribution < 1.29 is 9.72 Å². The maximum atomic E-state index is 12.3. The molecule has 3 N–H and O–H groups in total. The summed E-state index contributed by atoms with van der Waals surface area (Å²) in [5.41, 5.74) is 9.01. The maximum Gasteiger partial charge on any atom is 0.270 e. The third-order valence-corrected chi connectivity index (χ3v) is 4.01. The molecule has 0 heterocycles. The van der Waals surface area contributed by atoms with Crippen molar-refractivity contribution in [2.75, 3.05) is 5.73 Å². The van der Waals surface area contributed by atoms with Gasteiger partial charge in [0.25, 0.3) is 11.6 Å². The van der Waals surface area contributed by atoms with E-state index in [1.165, 1.54) is 18.2 Å². The third-order valence-electron chi connectivity index (χ3n) is 4.01. The van der Waals surface area contributed by atoms with Crippen molar-refractivity contribution in [3.63, 3.8) is 0 Å². The summed E-state index contributed by atoms with van der Waals surface area (Å²) in [5.74, 6) is -0.446. The van der Waals surface area contributed by atoms with Gasteiger partial charge in [0.1, 0.15) is 0 Å². The van der Waals surface area contributed by atoms with Crippen LogP contribution in [0.4, 0.5) is 11.4 Å². The van der Waals surface area contributed by atoms with Gasteiger partial charge in [-0.3, -0.25) is 14.9 Å². The van der Waals surface area contributed by atoms with Crippen LogP contribution in [-0.2, 0) is 6.54 Å². The molecule has 0 fully saturated rings. The zero-order valence-electron chi connectivity index (χ0n) is 13.9. The molecule has 0 saturated carbocycles. The van der Waals surface area contributed by atoms with Crippen LogP contribution in [0.1, 0.15) is 15.9 Å². The van der Waals surface area contributed by atoms with Crippen molar-refractivity contribution in [2.45, 2.75) is 6.54 Å². The van der Waals surface area contributed by atoms with Crippen LogP contribution in [0, 0.1) is 10.1 Å². The highest BCUT2D eigenvalue weighted by molar-refractivity contribution is 5.99. The molecule has 6 nitrogen and oxygen atoms in total. The molecular formula is C20H17N3O3. The van der Waals surface area contributed by atoms with Gasteiger partial charge in [-0.15, -0.1) is 0 Å². The number of non-ortho nitro benzene ring substituents is 1. The molecule has 0 saturated heterocycles. The Labute approximate surface area is 150 Å². The number of carbonyl (C=O) groups excluding carboxylic acids is 1. The average Bonchev–Trinajstić information content (AvgIpc) is 2.67. The zero-order chi connectivity index (χ0) is 18.5. The second kappa shape index (κ2) is 7.48. The van der Waals surface area contributed by atoms with Crippen LogP contribution in [0.2, 0.25) is 0 Å². The van der Waals surface area contributed by atoms with Crippen molar-refractivity contribution in [2.24, 2.45) is 0 Å². The molecule has 0 bridgehead atoms. The van der Waals surface area contributed by atoms with E-state index in [2.05, 4.69) is 5.32 Å². The predicted molar refractivity (Wildman–Crippen MR) is 101 cm³/mol. The van der Waals surface area contributed by atoms with Crippen molar-refractivity contribution in [1.82, 2.24) is 5.32 Å². The number of rotatable bonds is 5. The number of nitrogen functional groups attached to an aromatic ring is 1. The molecular weight excluding hydrogens is 330 g/mol. The van der Waals surface area contributed by atoms with Crippen molar-refractivity contribution in [1.29, 1.82) is 0 Å². The lowest BCUT2D eigenvalue weighted by atomic mass is 10.0. The second-order valence-corrected chi connectivity index (χ2v) is 5.77. The van der Waals surface area contributed by atoms with Gasteiger partial charge in [-0.25, -0.2) is 0 Å². The molecule has 0 radical (unpaired) electrons. The van der Waals surface area contributed by atoms with E-state index in [0.717, 1.165) is 16.7 Å². The Bertz CT molecular complexity index is 938. The molecule has 0 spiro atoms. The molecule has 0 aliphatic rings. The monoisotopic (exact) mass is 347 g/mol. The minimum Gasteiger partial charge on any atom is -0.398 e. The molecule has 3 aromatic rings. The highest BCUT2D eigenvalue weighted by Gasteiger charge is 2.15. The minimum atomic E-state index is -0.557. The Balaban J connectivity index is 1.68. The van der Waals surface area contributed by atoms with Crippen LogP contribution >= 0.6 is 0 Å². The lowest BCUT2D eigenvalue weighted by Gasteiger charge is -2.08. The first kappa shape index (κ1) is 17.2. The average molecular weight is 347 g/mol. The summed E-state index contributed by atoms with van der Waals surface area (Å²) in [5, 5.41) is 13.6. The number of carbonyl (C=O) groups is 1. The topological polar surface area (TPSA) is 98.3 Å². The van der Waals surface area contributed by atoms with Gasteiger partial charge in [0.2, 0.25) is 0 Å². The van der Waals surface area contributed by atoms with E-state index in [4.69, 9.17) is 5.73 Å². The quantitative estimate of drug-likeness (QED) is 0.417. The fraction of sp³-hybridized carbons (Fsp3) is 0.0500. The van der Waals surface area contributed by atoms with Crippen molar-refractivity contribution in [3.05, 3.63) is 94.0 Å². The van der Waals surface area contributed by atoms with E-state index in [1.54, 1.807) is 0 Å². The number of nitro groups is 1. The maximum absolute atomic E-state index is 12.3. The standard InChI is InChI=1S/C20H17N3O3/c21-19-11-10-17(23(25)26)12-18(19)20(24)22-13-14-6-8-16(9-7-14)15-4-2-1-3-5-15/h1-12H,13,21H2,(H,22,24). The Morgan fingerprint density at radius 1 is 0.962 bits per heavy atom. The third kappa shape index (κ3) is 3.87. The van der Waals surface area contributed by atoms with Crippen molar-refractivity contribution >= 4 is 17.3 Å². The molecule has 6 heteroatoms. The minimum absolute atomic E-state index is 0.0973. The molecule has 130 valence electrons. The first-order valence-electron chi connectivity index (χ1n) is 8.01. The van der Waals surface area contributed by atoms with Gasteiger partial charge in [-0.2, -0.15) is 0 Å². The van der Waals surface area contributed by atoms with Crippen LogP contribution in [0.25, 0.3) is 11.1 Å². The highest BCUT2D eigenvalue weighted by atomic mass is 16.6. The van der Waals surface area contributed by atoms with Gasteiger partial charge >= 0.3 is 0 Å². The highest BCUT2D eigenvalue weighted by Crippen LogP contribution is 2.21. The van der Waals surface area contributed by atoms with Gasteiger partial charge in [-0.1, -0.05) is 54.6 Å². The molecule has 0 aliphatic heterocycles. The molecule has 0 atom stereocenters. The smallest absolute Gasteiger partial charge is 0.270 e. The molecule has 3 aromatic carbocycles. The van der Waals surface area contributed by atoms with Gasteiger partial charge < -0.3 is 11.1 Å². The molecule has 0 unspecified atom stereocenters. The number of nitrogens with zero attached hydrogens (tertiary/aromatic N) is 1.